The lowest BCUT2D eigenvalue weighted by Crippen LogP contribution is -2.09. The van der Waals surface area contributed by atoms with Gasteiger partial charge in [0, 0.05) is 39.5 Å². The van der Waals surface area contributed by atoms with E-state index in [-0.39, 0.29) is 22.4 Å². The summed E-state index contributed by atoms with van der Waals surface area (Å²) >= 11 is 1.51. The first-order chi connectivity index (χ1) is 17.3. The number of ether oxygens (including phenoxy) is 1. The van der Waals surface area contributed by atoms with Crippen molar-refractivity contribution in [2.75, 3.05) is 7.11 Å². The van der Waals surface area contributed by atoms with E-state index in [0.717, 1.165) is 21.9 Å². The van der Waals surface area contributed by atoms with Crippen molar-refractivity contribution in [3.8, 4) is 22.5 Å². The Labute approximate surface area is 209 Å². The van der Waals surface area contributed by atoms with Crippen molar-refractivity contribution < 1.29 is 22.7 Å². The van der Waals surface area contributed by atoms with Crippen LogP contribution in [0.2, 0.25) is 0 Å². The van der Waals surface area contributed by atoms with Crippen molar-refractivity contribution in [3.05, 3.63) is 95.8 Å². The zero-order valence-corrected chi connectivity index (χ0v) is 20.1. The highest BCUT2D eigenvalue weighted by Gasteiger charge is 2.33. The number of hydrogen-bond donors (Lipinski definition) is 1. The van der Waals surface area contributed by atoms with Gasteiger partial charge in [0.25, 0.3) is 0 Å². The maximum atomic E-state index is 13.6. The Morgan fingerprint density at radius 1 is 1.03 bits per heavy atom. The maximum absolute atomic E-state index is 13.6. The minimum Gasteiger partial charge on any atom is -0.465 e. The molecule has 0 unspecified atom stereocenters. The predicted molar refractivity (Wildman–Crippen MR) is 134 cm³/mol. The molecule has 5 nitrogen and oxygen atoms in total. The van der Waals surface area contributed by atoms with Crippen molar-refractivity contribution in [3.63, 3.8) is 0 Å². The predicted octanol–water partition coefficient (Wildman–Crippen LogP) is 7.37. The fraction of sp³-hybridized carbons (Fsp3) is 0.111. The third kappa shape index (κ3) is 4.26. The molecular formula is C27H20F3N3O2S. The van der Waals surface area contributed by atoms with Gasteiger partial charge in [-0.3, -0.25) is 3.97 Å². The molecule has 0 fully saturated rings. The number of H-pyrrole nitrogens is 1. The topological polar surface area (TPSA) is 59.9 Å². The zero-order valence-electron chi connectivity index (χ0n) is 19.3. The molecular weight excluding hydrogens is 487 g/mol. The van der Waals surface area contributed by atoms with Crippen LogP contribution in [0.1, 0.15) is 21.5 Å². The van der Waals surface area contributed by atoms with Gasteiger partial charge in [-0.15, -0.1) is 0 Å². The average Bonchev–Trinajstić information content (AvgIpc) is 3.48. The lowest BCUT2D eigenvalue weighted by atomic mass is 9.98. The standard InChI is InChI=1S/C27H20F3N3O2S/c1-16-18(9-6-10-22(16)27(28,29)30)24-21(26(34)35-2)15-23(32-24)19-11-13-31-25-20(19)12-14-33(25)36-17-7-4-3-5-8-17/h3-15,32H,1-2H3. The molecule has 0 aliphatic heterocycles. The summed E-state index contributed by atoms with van der Waals surface area (Å²) in [7, 11) is 1.24. The number of fused-ring (bicyclic) bond motifs is 1. The Bertz CT molecular complexity index is 1570. The van der Waals surface area contributed by atoms with Crippen LogP contribution in [0.4, 0.5) is 13.2 Å². The van der Waals surface area contributed by atoms with Crippen LogP contribution in [0.5, 0.6) is 0 Å². The quantitative estimate of drug-likeness (QED) is 0.252. The van der Waals surface area contributed by atoms with E-state index >= 15 is 0 Å². The number of methoxy groups -OCH3 is 1. The lowest BCUT2D eigenvalue weighted by Gasteiger charge is -2.14. The van der Waals surface area contributed by atoms with Gasteiger partial charge in [0.15, 0.2) is 5.65 Å². The van der Waals surface area contributed by atoms with Gasteiger partial charge >= 0.3 is 12.1 Å². The molecule has 3 aromatic heterocycles. The molecule has 0 amide bonds. The van der Waals surface area contributed by atoms with Gasteiger partial charge in [0.05, 0.1) is 23.9 Å². The molecule has 0 aliphatic carbocycles. The minimum absolute atomic E-state index is 0.0221. The van der Waals surface area contributed by atoms with E-state index in [9.17, 15) is 18.0 Å². The monoisotopic (exact) mass is 507 g/mol. The summed E-state index contributed by atoms with van der Waals surface area (Å²) in [6.07, 6.45) is -0.952. The molecule has 9 heteroatoms. The molecule has 5 rings (SSSR count). The number of esters is 1. The van der Waals surface area contributed by atoms with Crippen LogP contribution in [0.3, 0.4) is 0 Å². The van der Waals surface area contributed by atoms with Gasteiger partial charge < -0.3 is 9.72 Å². The fourth-order valence-electron chi connectivity index (χ4n) is 4.22. The number of halogens is 3. The number of nitrogens with zero attached hydrogens (tertiary/aromatic N) is 2. The first-order valence-corrected chi connectivity index (χ1v) is 11.7. The van der Waals surface area contributed by atoms with Crippen LogP contribution in [0.25, 0.3) is 33.5 Å². The second kappa shape index (κ2) is 9.23. The number of aromatic nitrogens is 3. The van der Waals surface area contributed by atoms with Crippen LogP contribution < -0.4 is 0 Å². The van der Waals surface area contributed by atoms with Gasteiger partial charge in [0.1, 0.15) is 0 Å². The molecule has 1 N–H and O–H groups in total. The summed E-state index contributed by atoms with van der Waals surface area (Å²) in [6, 6.07) is 19.1. The number of nitrogens with one attached hydrogen (secondary N) is 1. The number of rotatable bonds is 5. The van der Waals surface area contributed by atoms with Crippen molar-refractivity contribution in [1.29, 1.82) is 0 Å². The zero-order chi connectivity index (χ0) is 25.4. The summed E-state index contributed by atoms with van der Waals surface area (Å²) in [5.41, 5.74) is 2.00. The molecule has 0 radical (unpaired) electrons. The van der Waals surface area contributed by atoms with Crippen LogP contribution >= 0.6 is 11.9 Å². The summed E-state index contributed by atoms with van der Waals surface area (Å²) in [6.45, 7) is 1.39. The van der Waals surface area contributed by atoms with E-state index in [4.69, 9.17) is 4.74 Å². The summed E-state index contributed by atoms with van der Waals surface area (Å²) in [5.74, 6) is -0.646. The van der Waals surface area contributed by atoms with E-state index in [1.807, 2.05) is 46.6 Å². The normalized spacial score (nSPS) is 11.7. The summed E-state index contributed by atoms with van der Waals surface area (Å²) in [4.78, 5) is 21.4. The van der Waals surface area contributed by atoms with Crippen LogP contribution in [0.15, 0.2) is 84.0 Å². The van der Waals surface area contributed by atoms with Gasteiger partial charge in [-0.05, 0) is 60.8 Å². The molecule has 0 saturated carbocycles. The minimum atomic E-state index is -4.52. The molecule has 3 heterocycles. The summed E-state index contributed by atoms with van der Waals surface area (Å²) < 4.78 is 47.6. The van der Waals surface area contributed by atoms with Gasteiger partial charge in [-0.2, -0.15) is 13.2 Å². The lowest BCUT2D eigenvalue weighted by molar-refractivity contribution is -0.138. The average molecular weight is 508 g/mol. The first-order valence-electron chi connectivity index (χ1n) is 11.0. The Morgan fingerprint density at radius 2 is 1.81 bits per heavy atom. The highest BCUT2D eigenvalue weighted by molar-refractivity contribution is 7.98. The van der Waals surface area contributed by atoms with Crippen molar-refractivity contribution in [1.82, 2.24) is 13.9 Å². The van der Waals surface area contributed by atoms with E-state index in [1.54, 1.807) is 24.4 Å². The number of hydrogen-bond acceptors (Lipinski definition) is 4. The van der Waals surface area contributed by atoms with Crippen LogP contribution in [-0.4, -0.2) is 27.0 Å². The highest BCUT2D eigenvalue weighted by atomic mass is 32.2. The Hall–Kier alpha value is -3.98. The number of carbonyl (C=O) groups excluding carboxylic acids is 1. The van der Waals surface area contributed by atoms with Crippen LogP contribution in [-0.2, 0) is 10.9 Å². The molecule has 0 saturated heterocycles. The Morgan fingerprint density at radius 3 is 2.53 bits per heavy atom. The third-order valence-electron chi connectivity index (χ3n) is 5.92. The van der Waals surface area contributed by atoms with E-state index in [0.29, 0.717) is 11.3 Å². The van der Waals surface area contributed by atoms with Crippen molar-refractivity contribution in [2.24, 2.45) is 0 Å². The number of carbonyl (C=O) groups is 1. The molecule has 36 heavy (non-hydrogen) atoms. The maximum Gasteiger partial charge on any atom is 0.416 e. The molecule has 0 aliphatic rings. The number of alkyl halides is 3. The van der Waals surface area contributed by atoms with Gasteiger partial charge in [-0.25, -0.2) is 9.78 Å². The molecule has 182 valence electrons. The second-order valence-corrected chi connectivity index (χ2v) is 9.13. The van der Waals surface area contributed by atoms with E-state index in [2.05, 4.69) is 9.97 Å². The van der Waals surface area contributed by atoms with E-state index < -0.39 is 17.7 Å². The molecule has 0 bridgehead atoms. The van der Waals surface area contributed by atoms with E-state index in [1.165, 1.54) is 32.0 Å². The number of aromatic amines is 1. The number of benzene rings is 2. The smallest absolute Gasteiger partial charge is 0.416 e. The molecule has 5 aromatic rings. The highest BCUT2D eigenvalue weighted by Crippen LogP contribution is 2.39. The number of pyridine rings is 1. The Kier molecular flexibility index (Phi) is 6.09. The second-order valence-electron chi connectivity index (χ2n) is 8.08. The first kappa shape index (κ1) is 23.7. The van der Waals surface area contributed by atoms with Crippen LogP contribution in [0, 0.1) is 6.92 Å². The van der Waals surface area contributed by atoms with Crippen molar-refractivity contribution >= 4 is 29.0 Å². The molecule has 0 atom stereocenters. The fourth-order valence-corrected chi connectivity index (χ4v) is 5.07. The SMILES string of the molecule is COC(=O)c1cc(-c2ccnc3c2ccn3Sc2ccccc2)[nH]c1-c1cccc(C(F)(F)F)c1C. The Balaban J connectivity index is 1.64. The summed E-state index contributed by atoms with van der Waals surface area (Å²) in [5, 5.41) is 0.825. The molecule has 2 aromatic carbocycles. The molecule has 0 spiro atoms. The van der Waals surface area contributed by atoms with Gasteiger partial charge in [-0.1, -0.05) is 30.3 Å². The van der Waals surface area contributed by atoms with Crippen molar-refractivity contribution in [2.45, 2.75) is 18.0 Å². The third-order valence-corrected chi connectivity index (χ3v) is 6.90. The largest absolute Gasteiger partial charge is 0.465 e. The van der Waals surface area contributed by atoms with Gasteiger partial charge in [0.2, 0.25) is 0 Å².